The zero-order valence-electron chi connectivity index (χ0n) is 7.53. The third-order valence-corrected chi connectivity index (χ3v) is 3.18. The second-order valence-electron chi connectivity index (χ2n) is 3.05. The largest absolute Gasteiger partial charge is 0.443 e. The van der Waals surface area contributed by atoms with Crippen LogP contribution in [0.4, 0.5) is 0 Å². The van der Waals surface area contributed by atoms with Gasteiger partial charge in [-0.15, -0.1) is 0 Å². The van der Waals surface area contributed by atoms with E-state index in [-0.39, 0.29) is 10.6 Å². The van der Waals surface area contributed by atoms with Crippen LogP contribution in [0.5, 0.6) is 0 Å². The van der Waals surface area contributed by atoms with Gasteiger partial charge in [0.15, 0.2) is 12.0 Å². The molecule has 0 spiro atoms. The lowest BCUT2D eigenvalue weighted by atomic mass is 10.1. The average molecular weight is 254 g/mol. The number of carbonyl (C=O) groups is 1. The maximum absolute atomic E-state index is 11.1. The van der Waals surface area contributed by atoms with Crippen LogP contribution in [-0.2, 0) is 4.79 Å². The van der Waals surface area contributed by atoms with Crippen molar-refractivity contribution in [1.29, 1.82) is 0 Å². The van der Waals surface area contributed by atoms with Crippen LogP contribution in [0.2, 0.25) is 0 Å². The molecule has 2 rings (SSSR count). The number of carbonyl (C=O) groups excluding carboxylic acids is 1. The van der Waals surface area contributed by atoms with E-state index in [2.05, 4.69) is 20.9 Å². The van der Waals surface area contributed by atoms with Gasteiger partial charge < -0.3 is 4.42 Å². The molecule has 0 aliphatic rings. The first-order chi connectivity index (χ1) is 6.68. The molecule has 0 saturated carbocycles. The molecular weight excluding hydrogens is 246 g/mol. The maximum atomic E-state index is 11.1. The molecule has 4 heteroatoms. The Morgan fingerprint density at radius 1 is 1.57 bits per heavy atom. The van der Waals surface area contributed by atoms with Gasteiger partial charge in [-0.2, -0.15) is 0 Å². The molecule has 1 unspecified atom stereocenters. The summed E-state index contributed by atoms with van der Waals surface area (Å²) >= 11 is 3.31. The van der Waals surface area contributed by atoms with E-state index >= 15 is 0 Å². The van der Waals surface area contributed by atoms with E-state index in [0.29, 0.717) is 5.58 Å². The van der Waals surface area contributed by atoms with Crippen molar-refractivity contribution in [3.8, 4) is 0 Å². The first-order valence-corrected chi connectivity index (χ1v) is 5.08. The third-order valence-electron chi connectivity index (χ3n) is 2.00. The number of aromatic nitrogens is 1. The quantitative estimate of drug-likeness (QED) is 0.774. The van der Waals surface area contributed by atoms with Crippen LogP contribution in [0.1, 0.15) is 17.3 Å². The Bertz CT molecular complexity index is 478. The first kappa shape index (κ1) is 9.40. The predicted octanol–water partition coefficient (Wildman–Crippen LogP) is 2.85. The molecule has 0 radical (unpaired) electrons. The van der Waals surface area contributed by atoms with Crippen LogP contribution in [0, 0.1) is 0 Å². The van der Waals surface area contributed by atoms with Crippen molar-refractivity contribution in [2.24, 2.45) is 0 Å². The lowest BCUT2D eigenvalue weighted by Gasteiger charge is -2.04. The SMILES string of the molecule is CC(=O)C(Br)c1ccc2ncoc2c1. The van der Waals surface area contributed by atoms with Crippen LogP contribution in [0.3, 0.4) is 0 Å². The number of benzene rings is 1. The van der Waals surface area contributed by atoms with Crippen LogP contribution in [0.15, 0.2) is 29.0 Å². The van der Waals surface area contributed by atoms with Gasteiger partial charge in [-0.1, -0.05) is 22.0 Å². The molecule has 72 valence electrons. The summed E-state index contributed by atoms with van der Waals surface area (Å²) in [5.74, 6) is 0.0730. The van der Waals surface area contributed by atoms with Gasteiger partial charge >= 0.3 is 0 Å². The van der Waals surface area contributed by atoms with E-state index in [1.54, 1.807) is 6.92 Å². The number of rotatable bonds is 2. The topological polar surface area (TPSA) is 43.1 Å². The van der Waals surface area contributed by atoms with Crippen molar-refractivity contribution in [1.82, 2.24) is 4.98 Å². The minimum atomic E-state index is -0.267. The highest BCUT2D eigenvalue weighted by molar-refractivity contribution is 9.09. The fourth-order valence-electron chi connectivity index (χ4n) is 1.26. The molecule has 0 aliphatic heterocycles. The number of alkyl halides is 1. The second-order valence-corrected chi connectivity index (χ2v) is 3.97. The molecule has 0 fully saturated rings. The normalized spacial score (nSPS) is 13.0. The highest BCUT2D eigenvalue weighted by Crippen LogP contribution is 2.26. The summed E-state index contributed by atoms with van der Waals surface area (Å²) in [4.78, 5) is 14.9. The van der Waals surface area contributed by atoms with Crippen molar-refractivity contribution in [2.75, 3.05) is 0 Å². The first-order valence-electron chi connectivity index (χ1n) is 4.16. The molecule has 1 aromatic carbocycles. The van der Waals surface area contributed by atoms with Gasteiger partial charge in [0.2, 0.25) is 0 Å². The molecule has 1 atom stereocenters. The van der Waals surface area contributed by atoms with Gasteiger partial charge in [0.25, 0.3) is 0 Å². The van der Waals surface area contributed by atoms with Gasteiger partial charge in [-0.25, -0.2) is 4.98 Å². The number of nitrogens with zero attached hydrogens (tertiary/aromatic N) is 1. The molecule has 1 aromatic heterocycles. The Balaban J connectivity index is 2.48. The Morgan fingerprint density at radius 3 is 3.07 bits per heavy atom. The van der Waals surface area contributed by atoms with Gasteiger partial charge in [0.1, 0.15) is 11.3 Å². The minimum absolute atomic E-state index is 0.0730. The van der Waals surface area contributed by atoms with Crippen molar-refractivity contribution in [2.45, 2.75) is 11.8 Å². The number of oxazole rings is 1. The maximum Gasteiger partial charge on any atom is 0.181 e. The Hall–Kier alpha value is -1.16. The number of fused-ring (bicyclic) bond motifs is 1. The number of hydrogen-bond acceptors (Lipinski definition) is 3. The van der Waals surface area contributed by atoms with Crippen molar-refractivity contribution >= 4 is 32.8 Å². The van der Waals surface area contributed by atoms with E-state index in [4.69, 9.17) is 4.42 Å². The zero-order chi connectivity index (χ0) is 10.1. The third kappa shape index (κ3) is 1.57. The summed E-state index contributed by atoms with van der Waals surface area (Å²) < 4.78 is 5.15. The van der Waals surface area contributed by atoms with Gasteiger partial charge in [-0.05, 0) is 24.6 Å². The number of halogens is 1. The van der Waals surface area contributed by atoms with Gasteiger partial charge in [0.05, 0.1) is 4.83 Å². The lowest BCUT2D eigenvalue weighted by molar-refractivity contribution is -0.116. The molecule has 0 aliphatic carbocycles. The summed E-state index contributed by atoms with van der Waals surface area (Å²) in [6.45, 7) is 1.55. The van der Waals surface area contributed by atoms with E-state index < -0.39 is 0 Å². The van der Waals surface area contributed by atoms with E-state index in [0.717, 1.165) is 11.1 Å². The molecule has 0 N–H and O–H groups in total. The summed E-state index contributed by atoms with van der Waals surface area (Å²) in [5, 5.41) is 0. The van der Waals surface area contributed by atoms with Crippen molar-refractivity contribution < 1.29 is 9.21 Å². The Labute approximate surface area is 89.3 Å². The Morgan fingerprint density at radius 2 is 2.36 bits per heavy atom. The van der Waals surface area contributed by atoms with E-state index in [9.17, 15) is 4.79 Å². The summed E-state index contributed by atoms with van der Waals surface area (Å²) in [6.07, 6.45) is 1.39. The van der Waals surface area contributed by atoms with Crippen molar-refractivity contribution in [3.05, 3.63) is 30.2 Å². The van der Waals surface area contributed by atoms with E-state index in [1.807, 2.05) is 18.2 Å². The van der Waals surface area contributed by atoms with Crippen LogP contribution in [-0.4, -0.2) is 10.8 Å². The zero-order valence-corrected chi connectivity index (χ0v) is 9.11. The molecule has 1 heterocycles. The summed E-state index contributed by atoms with van der Waals surface area (Å²) in [7, 11) is 0. The highest BCUT2D eigenvalue weighted by atomic mass is 79.9. The molecule has 2 aromatic rings. The molecule has 3 nitrogen and oxygen atoms in total. The minimum Gasteiger partial charge on any atom is -0.443 e. The fraction of sp³-hybridized carbons (Fsp3) is 0.200. The average Bonchev–Trinajstić information content (AvgIpc) is 2.62. The predicted molar refractivity (Wildman–Crippen MR) is 56.4 cm³/mol. The standard InChI is InChI=1S/C10H8BrNO2/c1-6(13)10(11)7-2-3-8-9(4-7)14-5-12-8/h2-5,10H,1H3. The fourth-order valence-corrected chi connectivity index (χ4v) is 1.55. The molecule has 0 saturated heterocycles. The second kappa shape index (κ2) is 3.53. The van der Waals surface area contributed by atoms with Crippen LogP contribution in [0.25, 0.3) is 11.1 Å². The Kier molecular flexibility index (Phi) is 2.37. The molecule has 0 amide bonds. The van der Waals surface area contributed by atoms with E-state index in [1.165, 1.54) is 6.39 Å². The smallest absolute Gasteiger partial charge is 0.181 e. The number of ketones is 1. The summed E-state index contributed by atoms with van der Waals surface area (Å²) in [5.41, 5.74) is 2.40. The molecular formula is C10H8BrNO2. The highest BCUT2D eigenvalue weighted by Gasteiger charge is 2.13. The molecule has 14 heavy (non-hydrogen) atoms. The summed E-state index contributed by atoms with van der Waals surface area (Å²) in [6, 6.07) is 5.53. The van der Waals surface area contributed by atoms with Gasteiger partial charge in [-0.3, -0.25) is 4.79 Å². The number of Topliss-reactive ketones (excluding diaryl/α,β-unsaturated/α-hetero) is 1. The van der Waals surface area contributed by atoms with Crippen molar-refractivity contribution in [3.63, 3.8) is 0 Å². The van der Waals surface area contributed by atoms with Crippen LogP contribution >= 0.6 is 15.9 Å². The molecule has 0 bridgehead atoms. The monoisotopic (exact) mass is 253 g/mol. The number of hydrogen-bond donors (Lipinski definition) is 0. The lowest BCUT2D eigenvalue weighted by Crippen LogP contribution is -2.00. The van der Waals surface area contributed by atoms with Gasteiger partial charge in [0, 0.05) is 0 Å². The van der Waals surface area contributed by atoms with Crippen LogP contribution < -0.4 is 0 Å².